The minimum Gasteiger partial charge on any atom is -0.493 e. The highest BCUT2D eigenvalue weighted by molar-refractivity contribution is 5.40. The van der Waals surface area contributed by atoms with Crippen LogP contribution < -0.4 is 20.5 Å². The first-order valence-electron chi connectivity index (χ1n) is 8.56. The van der Waals surface area contributed by atoms with Crippen LogP contribution in [0.3, 0.4) is 0 Å². The standard InChI is InChI=1S/C18H22N4O2/c23-18-17(19-6-7-20-18)22-8-1-2-15(12-22)21-11-13-3-4-16-14(10-13)5-9-24-16/h3-4,6-7,10,15,21H,1-2,5,8-9,11-12H2,(H,20,23)/t15-/m1/s1. The van der Waals surface area contributed by atoms with Gasteiger partial charge in [0.1, 0.15) is 5.75 Å². The number of rotatable bonds is 4. The van der Waals surface area contributed by atoms with Gasteiger partial charge in [0.05, 0.1) is 6.61 Å². The Kier molecular flexibility index (Phi) is 4.21. The van der Waals surface area contributed by atoms with Crippen LogP contribution in [0.1, 0.15) is 24.0 Å². The van der Waals surface area contributed by atoms with Crippen molar-refractivity contribution in [2.75, 3.05) is 24.6 Å². The molecule has 24 heavy (non-hydrogen) atoms. The summed E-state index contributed by atoms with van der Waals surface area (Å²) >= 11 is 0. The number of hydrogen-bond donors (Lipinski definition) is 2. The number of aromatic nitrogens is 2. The number of ether oxygens (including phenoxy) is 1. The van der Waals surface area contributed by atoms with Gasteiger partial charge in [-0.3, -0.25) is 4.79 Å². The van der Waals surface area contributed by atoms with Crippen molar-refractivity contribution in [3.63, 3.8) is 0 Å². The highest BCUT2D eigenvalue weighted by atomic mass is 16.5. The third-order valence-electron chi connectivity index (χ3n) is 4.76. The summed E-state index contributed by atoms with van der Waals surface area (Å²) in [6.45, 7) is 3.33. The molecule has 1 aromatic carbocycles. The van der Waals surface area contributed by atoms with E-state index < -0.39 is 0 Å². The van der Waals surface area contributed by atoms with Crippen LogP contribution >= 0.6 is 0 Å². The molecule has 3 heterocycles. The van der Waals surface area contributed by atoms with E-state index >= 15 is 0 Å². The normalized spacial score (nSPS) is 19.8. The molecule has 1 atom stereocenters. The van der Waals surface area contributed by atoms with Crippen LogP contribution in [0.4, 0.5) is 5.82 Å². The Balaban J connectivity index is 1.38. The maximum Gasteiger partial charge on any atom is 0.290 e. The zero-order valence-corrected chi connectivity index (χ0v) is 13.6. The Morgan fingerprint density at radius 3 is 3.29 bits per heavy atom. The number of benzene rings is 1. The Hall–Kier alpha value is -2.34. The van der Waals surface area contributed by atoms with Gasteiger partial charge in [0.25, 0.3) is 5.56 Å². The van der Waals surface area contributed by atoms with Crippen LogP contribution in [-0.4, -0.2) is 35.7 Å². The molecule has 1 aromatic heterocycles. The minimum atomic E-state index is -0.114. The van der Waals surface area contributed by atoms with Gasteiger partial charge in [-0.2, -0.15) is 0 Å². The molecule has 1 saturated heterocycles. The SMILES string of the molecule is O=c1[nH]ccnc1N1CCC[C@@H](NCc2ccc3c(c2)CCO3)C1. The van der Waals surface area contributed by atoms with Crippen LogP contribution in [0, 0.1) is 0 Å². The summed E-state index contributed by atoms with van der Waals surface area (Å²) in [6.07, 6.45) is 6.40. The van der Waals surface area contributed by atoms with Gasteiger partial charge in [-0.1, -0.05) is 12.1 Å². The minimum absolute atomic E-state index is 0.114. The van der Waals surface area contributed by atoms with E-state index in [0.717, 1.165) is 51.3 Å². The lowest BCUT2D eigenvalue weighted by molar-refractivity contribution is 0.356. The number of nitrogens with one attached hydrogen (secondary N) is 2. The first kappa shape index (κ1) is 15.2. The monoisotopic (exact) mass is 326 g/mol. The zero-order chi connectivity index (χ0) is 16.4. The summed E-state index contributed by atoms with van der Waals surface area (Å²) in [6, 6.07) is 6.80. The van der Waals surface area contributed by atoms with Crippen molar-refractivity contribution in [1.29, 1.82) is 0 Å². The highest BCUT2D eigenvalue weighted by Crippen LogP contribution is 2.26. The van der Waals surface area contributed by atoms with Crippen molar-refractivity contribution in [3.05, 3.63) is 52.1 Å². The molecule has 6 nitrogen and oxygen atoms in total. The molecule has 0 spiro atoms. The van der Waals surface area contributed by atoms with Gasteiger partial charge in [-0.05, 0) is 30.0 Å². The Bertz CT molecular complexity index is 774. The van der Waals surface area contributed by atoms with Crippen molar-refractivity contribution in [2.24, 2.45) is 0 Å². The molecule has 2 N–H and O–H groups in total. The molecule has 0 aliphatic carbocycles. The fourth-order valence-electron chi connectivity index (χ4n) is 3.52. The summed E-state index contributed by atoms with van der Waals surface area (Å²) in [5.74, 6) is 1.55. The summed E-state index contributed by atoms with van der Waals surface area (Å²) in [5, 5.41) is 3.63. The maximum absolute atomic E-state index is 11.9. The number of aromatic amines is 1. The molecule has 0 radical (unpaired) electrons. The number of piperidine rings is 1. The molecule has 4 rings (SSSR count). The van der Waals surface area contributed by atoms with Crippen LogP contribution in [-0.2, 0) is 13.0 Å². The molecule has 1 fully saturated rings. The second-order valence-corrected chi connectivity index (χ2v) is 6.45. The summed E-state index contributed by atoms with van der Waals surface area (Å²) in [5.41, 5.74) is 2.48. The molecule has 2 aliphatic heterocycles. The molecule has 126 valence electrons. The molecule has 0 saturated carbocycles. The third-order valence-corrected chi connectivity index (χ3v) is 4.76. The first-order chi connectivity index (χ1) is 11.8. The number of H-pyrrole nitrogens is 1. The lowest BCUT2D eigenvalue weighted by Gasteiger charge is -2.33. The summed E-state index contributed by atoms with van der Waals surface area (Å²) in [4.78, 5) is 20.9. The zero-order valence-electron chi connectivity index (χ0n) is 13.6. The number of nitrogens with zero attached hydrogens (tertiary/aromatic N) is 2. The van der Waals surface area contributed by atoms with Gasteiger partial charge in [0.2, 0.25) is 0 Å². The number of anilines is 1. The van der Waals surface area contributed by atoms with Gasteiger partial charge in [-0.25, -0.2) is 4.98 Å². The molecular weight excluding hydrogens is 304 g/mol. The van der Waals surface area contributed by atoms with E-state index in [1.54, 1.807) is 12.4 Å². The van der Waals surface area contributed by atoms with E-state index in [1.165, 1.54) is 11.1 Å². The quantitative estimate of drug-likeness (QED) is 0.890. The molecule has 6 heteroatoms. The van der Waals surface area contributed by atoms with Crippen LogP contribution in [0.2, 0.25) is 0 Å². The Morgan fingerprint density at radius 1 is 1.42 bits per heavy atom. The van der Waals surface area contributed by atoms with Gasteiger partial charge < -0.3 is 19.9 Å². The Labute approximate surface area is 140 Å². The molecule has 2 aromatic rings. The average molecular weight is 326 g/mol. The molecule has 0 amide bonds. The van der Waals surface area contributed by atoms with E-state index in [4.69, 9.17) is 4.74 Å². The summed E-state index contributed by atoms with van der Waals surface area (Å²) in [7, 11) is 0. The van der Waals surface area contributed by atoms with E-state index in [1.807, 2.05) is 0 Å². The highest BCUT2D eigenvalue weighted by Gasteiger charge is 2.22. The molecular formula is C18H22N4O2. The number of hydrogen-bond acceptors (Lipinski definition) is 5. The molecule has 2 aliphatic rings. The lowest BCUT2D eigenvalue weighted by Crippen LogP contribution is -2.47. The maximum atomic E-state index is 11.9. The topological polar surface area (TPSA) is 70.2 Å². The van der Waals surface area contributed by atoms with Gasteiger partial charge in [0, 0.05) is 44.5 Å². The fraction of sp³-hybridized carbons (Fsp3) is 0.444. The van der Waals surface area contributed by atoms with Crippen LogP contribution in [0.5, 0.6) is 5.75 Å². The van der Waals surface area contributed by atoms with Crippen LogP contribution in [0.25, 0.3) is 0 Å². The largest absolute Gasteiger partial charge is 0.493 e. The van der Waals surface area contributed by atoms with Gasteiger partial charge >= 0.3 is 0 Å². The van der Waals surface area contributed by atoms with Gasteiger partial charge in [0.15, 0.2) is 5.82 Å². The molecule has 0 bridgehead atoms. The van der Waals surface area contributed by atoms with Crippen molar-refractivity contribution < 1.29 is 4.74 Å². The first-order valence-corrected chi connectivity index (χ1v) is 8.56. The van der Waals surface area contributed by atoms with E-state index in [-0.39, 0.29) is 5.56 Å². The van der Waals surface area contributed by atoms with Crippen molar-refractivity contribution >= 4 is 5.82 Å². The predicted octanol–water partition coefficient (Wildman–Crippen LogP) is 1.46. The number of fused-ring (bicyclic) bond motifs is 1. The van der Waals surface area contributed by atoms with Crippen molar-refractivity contribution in [1.82, 2.24) is 15.3 Å². The van der Waals surface area contributed by atoms with Crippen molar-refractivity contribution in [3.8, 4) is 5.75 Å². The van der Waals surface area contributed by atoms with E-state index in [2.05, 4.69) is 38.4 Å². The van der Waals surface area contributed by atoms with Gasteiger partial charge in [-0.15, -0.1) is 0 Å². The van der Waals surface area contributed by atoms with E-state index in [0.29, 0.717) is 11.9 Å². The van der Waals surface area contributed by atoms with E-state index in [9.17, 15) is 4.79 Å². The van der Waals surface area contributed by atoms with Crippen molar-refractivity contribution in [2.45, 2.75) is 31.8 Å². The predicted molar refractivity (Wildman–Crippen MR) is 92.6 cm³/mol. The fourth-order valence-corrected chi connectivity index (χ4v) is 3.52. The lowest BCUT2D eigenvalue weighted by atomic mass is 10.0. The second-order valence-electron chi connectivity index (χ2n) is 6.45. The van der Waals surface area contributed by atoms with Crippen LogP contribution in [0.15, 0.2) is 35.4 Å². The second kappa shape index (κ2) is 6.65. The third kappa shape index (κ3) is 3.14. The molecule has 0 unspecified atom stereocenters. The summed E-state index contributed by atoms with van der Waals surface area (Å²) < 4.78 is 5.56. The Morgan fingerprint density at radius 2 is 2.38 bits per heavy atom. The average Bonchev–Trinajstić information content (AvgIpc) is 3.08. The smallest absolute Gasteiger partial charge is 0.290 e.